The molecule has 0 unspecified atom stereocenters. The van der Waals surface area contributed by atoms with E-state index in [1.807, 2.05) is 6.92 Å². The van der Waals surface area contributed by atoms with Crippen molar-refractivity contribution in [2.75, 3.05) is 18.5 Å². The van der Waals surface area contributed by atoms with Crippen molar-refractivity contribution in [3.8, 4) is 5.75 Å². The van der Waals surface area contributed by atoms with E-state index in [2.05, 4.69) is 21.2 Å². The van der Waals surface area contributed by atoms with E-state index in [9.17, 15) is 27.6 Å². The van der Waals surface area contributed by atoms with Gasteiger partial charge in [0.05, 0.1) is 17.5 Å². The molecular formula is C22H23F3N4O4. The molecule has 0 spiro atoms. The molecule has 0 radical (unpaired) electrons. The van der Waals surface area contributed by atoms with Crippen LogP contribution in [0.2, 0.25) is 0 Å². The second-order valence-electron chi connectivity index (χ2n) is 6.76. The molecule has 33 heavy (non-hydrogen) atoms. The largest absolute Gasteiger partial charge is 0.484 e. The highest BCUT2D eigenvalue weighted by atomic mass is 19.4. The lowest BCUT2D eigenvalue weighted by Gasteiger charge is -2.13. The fraction of sp³-hybridized carbons (Fsp3) is 0.273. The number of alkyl halides is 3. The molecule has 0 aliphatic heterocycles. The lowest BCUT2D eigenvalue weighted by molar-refractivity contribution is -0.139. The number of nitrogens with zero attached hydrogens (tertiary/aromatic N) is 1. The van der Waals surface area contributed by atoms with Gasteiger partial charge in [-0.05, 0) is 48.4 Å². The first-order valence-corrected chi connectivity index (χ1v) is 10.0. The number of unbranched alkanes of at least 4 members (excludes halogenated alkanes) is 1. The number of para-hydroxylation sites is 1. The van der Waals surface area contributed by atoms with Crippen LogP contribution in [0.1, 0.15) is 30.9 Å². The first-order chi connectivity index (χ1) is 15.7. The van der Waals surface area contributed by atoms with Gasteiger partial charge >= 0.3 is 18.0 Å². The molecule has 2 rings (SSSR count). The summed E-state index contributed by atoms with van der Waals surface area (Å²) in [5.41, 5.74) is 1.37. The van der Waals surface area contributed by atoms with E-state index in [0.29, 0.717) is 17.9 Å². The van der Waals surface area contributed by atoms with Crippen LogP contribution >= 0.6 is 0 Å². The molecule has 3 amide bonds. The summed E-state index contributed by atoms with van der Waals surface area (Å²) in [6.45, 7) is 1.86. The minimum absolute atomic E-state index is 0.297. The van der Waals surface area contributed by atoms with Gasteiger partial charge in [-0.25, -0.2) is 5.43 Å². The third-order valence-electron chi connectivity index (χ3n) is 4.16. The lowest BCUT2D eigenvalue weighted by Crippen LogP contribution is -2.38. The van der Waals surface area contributed by atoms with E-state index < -0.39 is 36.1 Å². The standard InChI is InChI=1S/C22H23F3N4O4/c1-2-3-12-26-20(31)21(32)29-27-13-15-8-10-16(11-9-15)33-14-19(30)28-18-7-5-4-6-17(18)22(23,24)25/h4-11,13H,2-3,12,14H2,1H3,(H,26,31)(H,28,30)(H,29,32)/b27-13-. The Balaban J connectivity index is 1.82. The number of carbonyl (C=O) groups is 3. The highest BCUT2D eigenvalue weighted by Gasteiger charge is 2.33. The molecule has 176 valence electrons. The van der Waals surface area contributed by atoms with Gasteiger partial charge in [-0.15, -0.1) is 0 Å². The molecule has 0 saturated heterocycles. The Bertz CT molecular complexity index is 992. The van der Waals surface area contributed by atoms with Gasteiger partial charge in [0.25, 0.3) is 5.91 Å². The summed E-state index contributed by atoms with van der Waals surface area (Å²) in [7, 11) is 0. The van der Waals surface area contributed by atoms with Crippen LogP contribution in [0.5, 0.6) is 5.75 Å². The number of anilines is 1. The topological polar surface area (TPSA) is 109 Å². The molecule has 0 heterocycles. The number of hydrogen-bond acceptors (Lipinski definition) is 5. The van der Waals surface area contributed by atoms with Crippen molar-refractivity contribution in [3.05, 3.63) is 59.7 Å². The molecule has 0 atom stereocenters. The summed E-state index contributed by atoms with van der Waals surface area (Å²) in [5, 5.41) is 8.33. The maximum absolute atomic E-state index is 13.0. The predicted octanol–water partition coefficient (Wildman–Crippen LogP) is 3.09. The Morgan fingerprint density at radius 2 is 1.73 bits per heavy atom. The van der Waals surface area contributed by atoms with Gasteiger partial charge in [0.2, 0.25) is 0 Å². The summed E-state index contributed by atoms with van der Waals surface area (Å²) in [6, 6.07) is 10.8. The Hall–Kier alpha value is -3.89. The Labute approximate surface area is 188 Å². The number of rotatable bonds is 9. The molecule has 0 fully saturated rings. The minimum atomic E-state index is -4.60. The van der Waals surface area contributed by atoms with E-state index in [-0.39, 0.29) is 5.69 Å². The third-order valence-corrected chi connectivity index (χ3v) is 4.16. The predicted molar refractivity (Wildman–Crippen MR) is 116 cm³/mol. The number of benzene rings is 2. The molecule has 3 N–H and O–H groups in total. The normalized spacial score (nSPS) is 11.2. The summed E-state index contributed by atoms with van der Waals surface area (Å²) in [5.74, 6) is -2.12. The van der Waals surface area contributed by atoms with Gasteiger partial charge in [-0.3, -0.25) is 14.4 Å². The molecular weight excluding hydrogens is 441 g/mol. The van der Waals surface area contributed by atoms with Crippen LogP contribution in [-0.4, -0.2) is 37.1 Å². The number of ether oxygens (including phenoxy) is 1. The molecule has 0 aromatic heterocycles. The Morgan fingerprint density at radius 1 is 1.03 bits per heavy atom. The van der Waals surface area contributed by atoms with Crippen molar-refractivity contribution in [3.63, 3.8) is 0 Å². The average Bonchev–Trinajstić information content (AvgIpc) is 2.78. The van der Waals surface area contributed by atoms with Crippen LogP contribution in [0.25, 0.3) is 0 Å². The maximum atomic E-state index is 13.0. The highest BCUT2D eigenvalue weighted by molar-refractivity contribution is 6.35. The van der Waals surface area contributed by atoms with Crippen molar-refractivity contribution in [2.45, 2.75) is 25.9 Å². The van der Waals surface area contributed by atoms with Crippen LogP contribution in [0, 0.1) is 0 Å². The van der Waals surface area contributed by atoms with Crippen LogP contribution < -0.4 is 20.8 Å². The van der Waals surface area contributed by atoms with Crippen molar-refractivity contribution in [2.24, 2.45) is 5.10 Å². The summed E-state index contributed by atoms with van der Waals surface area (Å²) < 4.78 is 44.2. The van der Waals surface area contributed by atoms with E-state index in [4.69, 9.17) is 4.74 Å². The zero-order chi connectivity index (χ0) is 24.3. The average molecular weight is 464 g/mol. The molecule has 8 nitrogen and oxygen atoms in total. The summed E-state index contributed by atoms with van der Waals surface area (Å²) in [4.78, 5) is 35.1. The minimum Gasteiger partial charge on any atom is -0.484 e. The zero-order valence-electron chi connectivity index (χ0n) is 17.7. The first-order valence-electron chi connectivity index (χ1n) is 10.0. The quantitative estimate of drug-likeness (QED) is 0.229. The fourth-order valence-corrected chi connectivity index (χ4v) is 2.50. The number of hydrogen-bond donors (Lipinski definition) is 3. The Morgan fingerprint density at radius 3 is 2.39 bits per heavy atom. The lowest BCUT2D eigenvalue weighted by atomic mass is 10.1. The van der Waals surface area contributed by atoms with Crippen LogP contribution in [0.4, 0.5) is 18.9 Å². The first kappa shape index (κ1) is 25.4. The molecule has 2 aromatic carbocycles. The number of nitrogens with one attached hydrogen (secondary N) is 3. The maximum Gasteiger partial charge on any atom is 0.418 e. The van der Waals surface area contributed by atoms with Crippen LogP contribution in [0.15, 0.2) is 53.6 Å². The fourth-order valence-electron chi connectivity index (χ4n) is 2.50. The number of hydrazone groups is 1. The third kappa shape index (κ3) is 8.63. The van der Waals surface area contributed by atoms with Gasteiger partial charge in [0.1, 0.15) is 5.75 Å². The zero-order valence-corrected chi connectivity index (χ0v) is 17.7. The number of amides is 3. The van der Waals surface area contributed by atoms with Crippen molar-refractivity contribution < 1.29 is 32.3 Å². The van der Waals surface area contributed by atoms with Crippen LogP contribution in [0.3, 0.4) is 0 Å². The van der Waals surface area contributed by atoms with Crippen molar-refractivity contribution >= 4 is 29.6 Å². The summed E-state index contributed by atoms with van der Waals surface area (Å²) in [6.07, 6.45) is -1.64. The van der Waals surface area contributed by atoms with Gasteiger partial charge in [0, 0.05) is 6.54 Å². The van der Waals surface area contributed by atoms with E-state index in [0.717, 1.165) is 25.0 Å². The van der Waals surface area contributed by atoms with Gasteiger partial charge in [-0.1, -0.05) is 25.5 Å². The second kappa shape index (κ2) is 12.2. The monoisotopic (exact) mass is 464 g/mol. The second-order valence-corrected chi connectivity index (χ2v) is 6.76. The smallest absolute Gasteiger partial charge is 0.418 e. The van der Waals surface area contributed by atoms with Crippen molar-refractivity contribution in [1.29, 1.82) is 0 Å². The highest BCUT2D eigenvalue weighted by Crippen LogP contribution is 2.34. The van der Waals surface area contributed by atoms with Crippen LogP contribution in [-0.2, 0) is 20.6 Å². The molecule has 11 heteroatoms. The molecule has 0 bridgehead atoms. The van der Waals surface area contributed by atoms with E-state index in [1.54, 1.807) is 12.1 Å². The molecule has 2 aromatic rings. The van der Waals surface area contributed by atoms with E-state index in [1.165, 1.54) is 30.5 Å². The number of halogens is 3. The molecule has 0 aliphatic carbocycles. The molecule has 0 aliphatic rings. The van der Waals surface area contributed by atoms with Crippen molar-refractivity contribution in [1.82, 2.24) is 10.7 Å². The Kier molecular flexibility index (Phi) is 9.40. The van der Waals surface area contributed by atoms with Gasteiger partial charge in [0.15, 0.2) is 6.61 Å². The van der Waals surface area contributed by atoms with Gasteiger partial charge in [-0.2, -0.15) is 18.3 Å². The summed E-state index contributed by atoms with van der Waals surface area (Å²) >= 11 is 0. The van der Waals surface area contributed by atoms with E-state index >= 15 is 0 Å². The SMILES string of the molecule is CCCCNC(=O)C(=O)N/N=C\c1ccc(OCC(=O)Nc2ccccc2C(F)(F)F)cc1. The molecule has 0 saturated carbocycles. The van der Waals surface area contributed by atoms with Gasteiger partial charge < -0.3 is 15.4 Å². The number of carbonyl (C=O) groups excluding carboxylic acids is 3.